The molecule has 1 saturated heterocycles. The second-order valence-corrected chi connectivity index (χ2v) is 8.48. The number of hydrogen-bond donors (Lipinski definition) is 1. The van der Waals surface area contributed by atoms with E-state index in [1.807, 2.05) is 42.2 Å². The van der Waals surface area contributed by atoms with Crippen LogP contribution in [-0.2, 0) is 17.8 Å². The number of likely N-dealkylation sites (tertiary alicyclic amines) is 1. The number of benzene rings is 2. The number of rotatable bonds is 6. The molecule has 1 aromatic heterocycles. The van der Waals surface area contributed by atoms with Gasteiger partial charge in [-0.05, 0) is 60.9 Å². The number of H-pyrrole nitrogens is 1. The number of nitrogens with one attached hydrogen (secondary N) is 1. The molecule has 0 radical (unpaired) electrons. The number of amides is 1. The zero-order valence-corrected chi connectivity index (χ0v) is 19.4. The topological polar surface area (TPSA) is 94.9 Å². The normalized spacial score (nSPS) is 14.3. The number of hydrogen-bond acceptors (Lipinski definition) is 5. The molecule has 2 heterocycles. The number of nitriles is 1. The third-order valence-corrected chi connectivity index (χ3v) is 6.42. The molecule has 0 spiro atoms. The Hall–Kier alpha value is -3.50. The molecule has 2 aromatic carbocycles. The standard InChI is InChI=1S/C26H29N5O2/c1-4-18-13-17(2)22(25-28-24(16-33-3)29-30-25)14-23(18)26(32)31-11-9-19(10-12-31)21-8-6-5-7-20(21)15-27/h5-8,13-14,19H,4,9-12,16H2,1-3H3,(H,28,29,30). The van der Waals surface area contributed by atoms with E-state index in [0.717, 1.165) is 47.1 Å². The largest absolute Gasteiger partial charge is 0.377 e. The molecule has 0 atom stereocenters. The number of carbonyl (C=O) groups excluding carboxylic acids is 1. The number of aromatic amines is 1. The van der Waals surface area contributed by atoms with Crippen molar-refractivity contribution in [3.8, 4) is 17.5 Å². The predicted molar refractivity (Wildman–Crippen MR) is 126 cm³/mol. The maximum Gasteiger partial charge on any atom is 0.254 e. The second-order valence-electron chi connectivity index (χ2n) is 8.48. The second kappa shape index (κ2) is 9.97. The van der Waals surface area contributed by atoms with E-state index in [0.29, 0.717) is 42.8 Å². The molecule has 0 aliphatic carbocycles. The van der Waals surface area contributed by atoms with Gasteiger partial charge in [0.05, 0.1) is 11.6 Å². The van der Waals surface area contributed by atoms with Crippen molar-refractivity contribution in [1.82, 2.24) is 20.1 Å². The summed E-state index contributed by atoms with van der Waals surface area (Å²) in [5.74, 6) is 1.58. The Labute approximate surface area is 194 Å². The van der Waals surface area contributed by atoms with Crippen LogP contribution in [0.5, 0.6) is 0 Å². The van der Waals surface area contributed by atoms with Crippen LogP contribution in [0, 0.1) is 18.3 Å². The molecular formula is C26H29N5O2. The van der Waals surface area contributed by atoms with Crippen LogP contribution < -0.4 is 0 Å². The maximum atomic E-state index is 13.6. The Morgan fingerprint density at radius 3 is 2.73 bits per heavy atom. The van der Waals surface area contributed by atoms with Gasteiger partial charge in [0.1, 0.15) is 6.61 Å². The van der Waals surface area contributed by atoms with Gasteiger partial charge in [0.25, 0.3) is 5.91 Å². The van der Waals surface area contributed by atoms with Crippen molar-refractivity contribution in [3.05, 3.63) is 70.0 Å². The zero-order chi connectivity index (χ0) is 23.4. The third-order valence-electron chi connectivity index (χ3n) is 6.42. The van der Waals surface area contributed by atoms with Crippen molar-refractivity contribution in [2.75, 3.05) is 20.2 Å². The number of piperidine rings is 1. The maximum absolute atomic E-state index is 13.6. The van der Waals surface area contributed by atoms with E-state index < -0.39 is 0 Å². The molecule has 1 N–H and O–H groups in total. The summed E-state index contributed by atoms with van der Waals surface area (Å²) in [6, 6.07) is 14.1. The van der Waals surface area contributed by atoms with Gasteiger partial charge in [-0.1, -0.05) is 31.2 Å². The molecule has 0 unspecified atom stereocenters. The first kappa shape index (κ1) is 22.7. The summed E-state index contributed by atoms with van der Waals surface area (Å²) < 4.78 is 5.13. The Morgan fingerprint density at radius 2 is 2.03 bits per heavy atom. The smallest absolute Gasteiger partial charge is 0.254 e. The number of ether oxygens (including phenoxy) is 1. The number of methoxy groups -OCH3 is 1. The molecule has 170 valence electrons. The van der Waals surface area contributed by atoms with E-state index in [1.165, 1.54) is 0 Å². The highest BCUT2D eigenvalue weighted by Crippen LogP contribution is 2.32. The Kier molecular flexibility index (Phi) is 6.85. The van der Waals surface area contributed by atoms with Gasteiger partial charge in [0, 0.05) is 31.3 Å². The zero-order valence-electron chi connectivity index (χ0n) is 19.4. The first-order valence-electron chi connectivity index (χ1n) is 11.4. The minimum absolute atomic E-state index is 0.0489. The highest BCUT2D eigenvalue weighted by Gasteiger charge is 2.27. The van der Waals surface area contributed by atoms with Crippen molar-refractivity contribution in [2.24, 2.45) is 0 Å². The molecule has 1 amide bonds. The fraction of sp³-hybridized carbons (Fsp3) is 0.385. The highest BCUT2D eigenvalue weighted by molar-refractivity contribution is 5.97. The molecule has 1 aliphatic rings. The lowest BCUT2D eigenvalue weighted by Gasteiger charge is -2.33. The van der Waals surface area contributed by atoms with Crippen LogP contribution in [-0.4, -0.2) is 46.2 Å². The number of aromatic nitrogens is 3. The first-order valence-corrected chi connectivity index (χ1v) is 11.4. The predicted octanol–water partition coefficient (Wildman–Crippen LogP) is 4.38. The van der Waals surface area contributed by atoms with Gasteiger partial charge >= 0.3 is 0 Å². The molecule has 7 nitrogen and oxygen atoms in total. The lowest BCUT2D eigenvalue weighted by Crippen LogP contribution is -2.38. The van der Waals surface area contributed by atoms with Gasteiger partial charge in [-0.3, -0.25) is 9.89 Å². The van der Waals surface area contributed by atoms with E-state index >= 15 is 0 Å². The summed E-state index contributed by atoms with van der Waals surface area (Å²) in [5, 5.41) is 16.7. The molecule has 33 heavy (non-hydrogen) atoms. The SMILES string of the molecule is CCc1cc(C)c(-c2n[nH]c(COC)n2)cc1C(=O)N1CCC(c2ccccc2C#N)CC1. The summed E-state index contributed by atoms with van der Waals surface area (Å²) in [6.45, 7) is 5.80. The van der Waals surface area contributed by atoms with Gasteiger partial charge < -0.3 is 9.64 Å². The minimum Gasteiger partial charge on any atom is -0.377 e. The average Bonchev–Trinajstić information content (AvgIpc) is 3.32. The van der Waals surface area contributed by atoms with Gasteiger partial charge in [-0.2, -0.15) is 10.4 Å². The van der Waals surface area contributed by atoms with Crippen LogP contribution >= 0.6 is 0 Å². The van der Waals surface area contributed by atoms with Crippen molar-refractivity contribution in [2.45, 2.75) is 45.6 Å². The van der Waals surface area contributed by atoms with Gasteiger partial charge in [-0.25, -0.2) is 4.98 Å². The Balaban J connectivity index is 1.56. The van der Waals surface area contributed by atoms with Crippen molar-refractivity contribution in [1.29, 1.82) is 5.26 Å². The van der Waals surface area contributed by atoms with Crippen molar-refractivity contribution < 1.29 is 9.53 Å². The van der Waals surface area contributed by atoms with Crippen LogP contribution in [0.25, 0.3) is 11.4 Å². The van der Waals surface area contributed by atoms with E-state index in [4.69, 9.17) is 4.74 Å². The minimum atomic E-state index is 0.0489. The van der Waals surface area contributed by atoms with Gasteiger partial charge in [0.2, 0.25) is 0 Å². The van der Waals surface area contributed by atoms with Crippen LogP contribution in [0.1, 0.15) is 64.1 Å². The molecule has 0 saturated carbocycles. The fourth-order valence-corrected chi connectivity index (χ4v) is 4.64. The molecule has 4 rings (SSSR count). The number of carbonyl (C=O) groups is 1. The Bertz CT molecular complexity index is 1190. The van der Waals surface area contributed by atoms with E-state index in [-0.39, 0.29) is 5.91 Å². The first-order chi connectivity index (χ1) is 16.0. The summed E-state index contributed by atoms with van der Waals surface area (Å²) in [5.41, 5.74) is 5.47. The number of aryl methyl sites for hydroxylation is 2. The summed E-state index contributed by atoms with van der Waals surface area (Å²) in [4.78, 5) is 20.0. The highest BCUT2D eigenvalue weighted by atomic mass is 16.5. The van der Waals surface area contributed by atoms with E-state index in [1.54, 1.807) is 7.11 Å². The molecular weight excluding hydrogens is 414 g/mol. The van der Waals surface area contributed by atoms with Gasteiger partial charge in [-0.15, -0.1) is 0 Å². The molecule has 1 aliphatic heterocycles. The molecule has 3 aromatic rings. The third kappa shape index (κ3) is 4.67. The van der Waals surface area contributed by atoms with E-state index in [9.17, 15) is 10.1 Å². The molecule has 0 bridgehead atoms. The lowest BCUT2D eigenvalue weighted by atomic mass is 9.86. The van der Waals surface area contributed by atoms with Crippen molar-refractivity contribution >= 4 is 5.91 Å². The summed E-state index contributed by atoms with van der Waals surface area (Å²) >= 11 is 0. The quantitative estimate of drug-likeness (QED) is 0.610. The summed E-state index contributed by atoms with van der Waals surface area (Å²) in [7, 11) is 1.61. The van der Waals surface area contributed by atoms with Crippen LogP contribution in [0.4, 0.5) is 0 Å². The average molecular weight is 444 g/mol. The monoisotopic (exact) mass is 443 g/mol. The Morgan fingerprint density at radius 1 is 1.27 bits per heavy atom. The van der Waals surface area contributed by atoms with Crippen LogP contribution in [0.3, 0.4) is 0 Å². The number of nitrogens with zero attached hydrogens (tertiary/aromatic N) is 4. The van der Waals surface area contributed by atoms with Crippen LogP contribution in [0.2, 0.25) is 0 Å². The van der Waals surface area contributed by atoms with Gasteiger partial charge in [0.15, 0.2) is 11.6 Å². The van der Waals surface area contributed by atoms with E-state index in [2.05, 4.69) is 34.2 Å². The molecule has 7 heteroatoms. The summed E-state index contributed by atoms with van der Waals surface area (Å²) in [6.07, 6.45) is 2.48. The van der Waals surface area contributed by atoms with Crippen LogP contribution in [0.15, 0.2) is 36.4 Å². The van der Waals surface area contributed by atoms with Crippen molar-refractivity contribution in [3.63, 3.8) is 0 Å². The fourth-order valence-electron chi connectivity index (χ4n) is 4.64. The lowest BCUT2D eigenvalue weighted by molar-refractivity contribution is 0.0712. The molecule has 1 fully saturated rings.